The average Bonchev–Trinajstić information content (AvgIpc) is 2.49. The van der Waals surface area contributed by atoms with Crippen molar-refractivity contribution in [3.05, 3.63) is 72.3 Å². The molecule has 0 bridgehead atoms. The van der Waals surface area contributed by atoms with Gasteiger partial charge < -0.3 is 10.1 Å². The summed E-state index contributed by atoms with van der Waals surface area (Å²) in [6.07, 6.45) is 0.426. The standard InChI is InChI=1S/C13H19NO2.C6H6/c1-4-16-12(15)14-13(2,3)10-11-8-6-5-7-9-11;1-2-4-6-5-3-1/h5-9H,4,10H2,1-3H3,(H,14,15);1-6H. The molecule has 1 N–H and O–H groups in total. The van der Waals surface area contributed by atoms with Crippen molar-refractivity contribution in [3.8, 4) is 0 Å². The van der Waals surface area contributed by atoms with Crippen LogP contribution in [0.4, 0.5) is 4.79 Å². The third-order valence-electron chi connectivity index (χ3n) is 2.87. The molecule has 0 fully saturated rings. The Bertz CT molecular complexity index is 497. The van der Waals surface area contributed by atoms with Crippen LogP contribution in [0, 0.1) is 0 Å². The highest BCUT2D eigenvalue weighted by Gasteiger charge is 2.21. The Balaban J connectivity index is 0.000000335. The van der Waals surface area contributed by atoms with E-state index in [1.54, 1.807) is 6.92 Å². The molecule has 0 aliphatic rings. The molecule has 0 atom stereocenters. The Morgan fingerprint density at radius 3 is 1.86 bits per heavy atom. The van der Waals surface area contributed by atoms with E-state index >= 15 is 0 Å². The highest BCUT2D eigenvalue weighted by atomic mass is 16.5. The highest BCUT2D eigenvalue weighted by Crippen LogP contribution is 2.12. The minimum atomic E-state index is -0.358. The number of hydrogen-bond acceptors (Lipinski definition) is 2. The van der Waals surface area contributed by atoms with Crippen molar-refractivity contribution in [2.45, 2.75) is 32.7 Å². The van der Waals surface area contributed by atoms with Crippen LogP contribution in [0.3, 0.4) is 0 Å². The number of ether oxygens (including phenoxy) is 1. The smallest absolute Gasteiger partial charge is 0.407 e. The van der Waals surface area contributed by atoms with Crippen molar-refractivity contribution in [2.75, 3.05) is 6.61 Å². The lowest BCUT2D eigenvalue weighted by molar-refractivity contribution is 0.141. The van der Waals surface area contributed by atoms with Gasteiger partial charge in [0.2, 0.25) is 0 Å². The van der Waals surface area contributed by atoms with E-state index in [1.807, 2.05) is 68.4 Å². The number of amides is 1. The van der Waals surface area contributed by atoms with Crippen LogP contribution in [-0.2, 0) is 11.2 Å². The number of nitrogens with one attached hydrogen (secondary N) is 1. The molecule has 2 aromatic rings. The summed E-state index contributed by atoms with van der Waals surface area (Å²) in [5.74, 6) is 0. The summed E-state index contributed by atoms with van der Waals surface area (Å²) in [6, 6.07) is 22.1. The molecule has 0 saturated heterocycles. The second-order valence-corrected chi connectivity index (χ2v) is 5.55. The van der Waals surface area contributed by atoms with E-state index in [9.17, 15) is 4.79 Å². The molecule has 2 rings (SSSR count). The van der Waals surface area contributed by atoms with E-state index in [-0.39, 0.29) is 11.6 Å². The van der Waals surface area contributed by atoms with Crippen LogP contribution in [0.1, 0.15) is 26.3 Å². The van der Waals surface area contributed by atoms with Crippen LogP contribution >= 0.6 is 0 Å². The molecule has 3 heteroatoms. The Labute approximate surface area is 133 Å². The first-order valence-electron chi connectivity index (χ1n) is 7.52. The molecule has 0 aliphatic heterocycles. The molecule has 22 heavy (non-hydrogen) atoms. The topological polar surface area (TPSA) is 38.3 Å². The number of rotatable bonds is 4. The van der Waals surface area contributed by atoms with Gasteiger partial charge >= 0.3 is 6.09 Å². The molecule has 0 aliphatic carbocycles. The van der Waals surface area contributed by atoms with E-state index < -0.39 is 0 Å². The van der Waals surface area contributed by atoms with Crippen molar-refractivity contribution in [2.24, 2.45) is 0 Å². The molecule has 0 aromatic heterocycles. The fourth-order valence-electron chi connectivity index (χ4n) is 1.98. The molecule has 118 valence electrons. The van der Waals surface area contributed by atoms with Crippen molar-refractivity contribution in [1.29, 1.82) is 0 Å². The Morgan fingerprint density at radius 1 is 0.955 bits per heavy atom. The van der Waals surface area contributed by atoms with E-state index in [1.165, 1.54) is 5.56 Å². The minimum absolute atomic E-state index is 0.298. The first-order valence-corrected chi connectivity index (χ1v) is 7.52. The average molecular weight is 299 g/mol. The number of benzene rings is 2. The quantitative estimate of drug-likeness (QED) is 0.906. The largest absolute Gasteiger partial charge is 0.450 e. The number of carbonyl (C=O) groups excluding carboxylic acids is 1. The maximum Gasteiger partial charge on any atom is 0.407 e. The van der Waals surface area contributed by atoms with Gasteiger partial charge in [0.25, 0.3) is 0 Å². The first kappa shape index (κ1) is 17.8. The fraction of sp³-hybridized carbons (Fsp3) is 0.316. The fourth-order valence-corrected chi connectivity index (χ4v) is 1.98. The molecule has 2 aromatic carbocycles. The lowest BCUT2D eigenvalue weighted by Gasteiger charge is -2.25. The third-order valence-corrected chi connectivity index (χ3v) is 2.87. The SMILES string of the molecule is CCOC(=O)NC(C)(C)Cc1ccccc1.c1ccccc1. The second kappa shape index (κ2) is 9.61. The monoisotopic (exact) mass is 299 g/mol. The van der Waals surface area contributed by atoms with Gasteiger partial charge in [-0.25, -0.2) is 4.79 Å². The number of carbonyl (C=O) groups is 1. The second-order valence-electron chi connectivity index (χ2n) is 5.55. The van der Waals surface area contributed by atoms with Gasteiger partial charge in [-0.15, -0.1) is 0 Å². The third kappa shape index (κ3) is 8.10. The summed E-state index contributed by atoms with van der Waals surface area (Å²) in [5.41, 5.74) is 0.900. The van der Waals surface area contributed by atoms with Crippen molar-refractivity contribution in [3.63, 3.8) is 0 Å². The van der Waals surface area contributed by atoms with E-state index in [0.29, 0.717) is 6.61 Å². The van der Waals surface area contributed by atoms with E-state index in [0.717, 1.165) is 6.42 Å². The maximum atomic E-state index is 11.3. The minimum Gasteiger partial charge on any atom is -0.450 e. The van der Waals surface area contributed by atoms with Gasteiger partial charge in [0.1, 0.15) is 0 Å². The molecule has 0 spiro atoms. The lowest BCUT2D eigenvalue weighted by Crippen LogP contribution is -2.45. The zero-order valence-electron chi connectivity index (χ0n) is 13.6. The zero-order chi connectivity index (χ0) is 16.3. The van der Waals surface area contributed by atoms with Crippen molar-refractivity contribution < 1.29 is 9.53 Å². The summed E-state index contributed by atoms with van der Waals surface area (Å²) in [7, 11) is 0. The Morgan fingerprint density at radius 2 is 1.41 bits per heavy atom. The summed E-state index contributed by atoms with van der Waals surface area (Å²) in [6.45, 7) is 6.16. The van der Waals surface area contributed by atoms with Gasteiger partial charge in [0.15, 0.2) is 0 Å². The van der Waals surface area contributed by atoms with Crippen LogP contribution in [0.15, 0.2) is 66.7 Å². The van der Waals surface area contributed by atoms with Crippen LogP contribution in [0.5, 0.6) is 0 Å². The molecule has 0 radical (unpaired) electrons. The van der Waals surface area contributed by atoms with E-state index in [2.05, 4.69) is 17.4 Å². The normalized spacial score (nSPS) is 10.1. The van der Waals surface area contributed by atoms with E-state index in [4.69, 9.17) is 4.74 Å². The lowest BCUT2D eigenvalue weighted by atomic mass is 9.95. The molecule has 0 unspecified atom stereocenters. The molecule has 3 nitrogen and oxygen atoms in total. The molecule has 1 amide bonds. The molecule has 0 heterocycles. The molecular formula is C19H25NO2. The van der Waals surface area contributed by atoms with Crippen LogP contribution in [0.25, 0.3) is 0 Å². The van der Waals surface area contributed by atoms with Gasteiger partial charge in [0.05, 0.1) is 6.61 Å². The Hall–Kier alpha value is -2.29. The van der Waals surface area contributed by atoms with Gasteiger partial charge in [-0.3, -0.25) is 0 Å². The zero-order valence-corrected chi connectivity index (χ0v) is 13.6. The Kier molecular flexibility index (Phi) is 7.76. The van der Waals surface area contributed by atoms with Crippen LogP contribution < -0.4 is 5.32 Å². The van der Waals surface area contributed by atoms with Crippen molar-refractivity contribution in [1.82, 2.24) is 5.32 Å². The van der Waals surface area contributed by atoms with Gasteiger partial charge in [-0.1, -0.05) is 66.7 Å². The summed E-state index contributed by atoms with van der Waals surface area (Å²) >= 11 is 0. The predicted molar refractivity (Wildman–Crippen MR) is 90.8 cm³/mol. The molecule has 0 saturated carbocycles. The summed E-state index contributed by atoms with van der Waals surface area (Å²) < 4.78 is 4.87. The van der Waals surface area contributed by atoms with Crippen LogP contribution in [0.2, 0.25) is 0 Å². The number of alkyl carbamates (subject to hydrolysis) is 1. The van der Waals surface area contributed by atoms with Gasteiger partial charge in [-0.05, 0) is 32.8 Å². The summed E-state index contributed by atoms with van der Waals surface area (Å²) in [5, 5.41) is 2.84. The highest BCUT2D eigenvalue weighted by molar-refractivity contribution is 5.68. The predicted octanol–water partition coefficient (Wildman–Crippen LogP) is 4.44. The number of hydrogen-bond donors (Lipinski definition) is 1. The summed E-state index contributed by atoms with van der Waals surface area (Å²) in [4.78, 5) is 11.3. The first-order chi connectivity index (χ1) is 10.5. The maximum absolute atomic E-state index is 11.3. The van der Waals surface area contributed by atoms with Crippen LogP contribution in [-0.4, -0.2) is 18.2 Å². The van der Waals surface area contributed by atoms with Crippen molar-refractivity contribution >= 4 is 6.09 Å². The van der Waals surface area contributed by atoms with Gasteiger partial charge in [-0.2, -0.15) is 0 Å². The molecular weight excluding hydrogens is 274 g/mol. The van der Waals surface area contributed by atoms with Gasteiger partial charge in [0, 0.05) is 5.54 Å².